The molecule has 0 aromatic heterocycles. The Kier molecular flexibility index (Phi) is 1.08. The van der Waals surface area contributed by atoms with E-state index < -0.39 is 6.29 Å². The molecule has 0 amide bonds. The lowest BCUT2D eigenvalue weighted by Crippen LogP contribution is -2.10. The summed E-state index contributed by atoms with van der Waals surface area (Å²) in [5.74, 6) is -0.319. The smallest absolute Gasteiger partial charge is 0.336 e. The third kappa shape index (κ3) is 0.609. The summed E-state index contributed by atoms with van der Waals surface area (Å²) in [6.45, 7) is 0. The summed E-state index contributed by atoms with van der Waals surface area (Å²) in [4.78, 5) is 10.8. The second kappa shape index (κ2) is 1.83. The van der Waals surface area contributed by atoms with Crippen LogP contribution in [0.4, 0.5) is 0 Å². The summed E-state index contributed by atoms with van der Waals surface area (Å²) >= 11 is 0. The minimum Gasteiger partial charge on any atom is -0.428 e. The molecule has 0 spiro atoms. The molecule has 1 N–H and O–H groups in total. The number of hydrogen-bond acceptors (Lipinski definition) is 3. The van der Waals surface area contributed by atoms with Gasteiger partial charge in [0.1, 0.15) is 0 Å². The van der Waals surface area contributed by atoms with Crippen molar-refractivity contribution in [3.05, 3.63) is 11.1 Å². The van der Waals surface area contributed by atoms with Crippen LogP contribution >= 0.6 is 0 Å². The summed E-state index contributed by atoms with van der Waals surface area (Å²) < 4.78 is 4.57. The Morgan fingerprint density at radius 3 is 3.00 bits per heavy atom. The molecule has 1 atom stereocenters. The average molecular weight is 140 g/mol. The number of carbonyl (C=O) groups is 1. The SMILES string of the molecule is O=C1OC(O)C2=C1CCC2. The Bertz CT molecular complexity index is 217. The number of carbonyl (C=O) groups excluding carboxylic acids is 1. The molecule has 54 valence electrons. The number of ether oxygens (including phenoxy) is 1. The third-order valence-electron chi connectivity index (χ3n) is 2.02. The van der Waals surface area contributed by atoms with E-state index in [4.69, 9.17) is 5.11 Å². The van der Waals surface area contributed by atoms with Crippen LogP contribution in [0.25, 0.3) is 0 Å². The standard InChI is InChI=1S/C7H8O3/c8-6-4-2-1-3-5(4)7(9)10-6/h6,8H,1-3H2. The molecule has 0 aromatic rings. The van der Waals surface area contributed by atoms with Crippen molar-refractivity contribution >= 4 is 5.97 Å². The van der Waals surface area contributed by atoms with Crippen LogP contribution in [0, 0.1) is 0 Å². The summed E-state index contributed by atoms with van der Waals surface area (Å²) in [5.41, 5.74) is 1.53. The van der Waals surface area contributed by atoms with Gasteiger partial charge >= 0.3 is 5.97 Å². The van der Waals surface area contributed by atoms with Crippen LogP contribution in [0.2, 0.25) is 0 Å². The van der Waals surface area contributed by atoms with Crippen LogP contribution in [0.5, 0.6) is 0 Å². The highest BCUT2D eigenvalue weighted by atomic mass is 16.6. The van der Waals surface area contributed by atoms with E-state index in [0.29, 0.717) is 5.57 Å². The van der Waals surface area contributed by atoms with E-state index in [9.17, 15) is 4.79 Å². The minimum absolute atomic E-state index is 0.319. The predicted octanol–water partition coefficient (Wildman–Crippen LogP) is 0.342. The molecule has 3 nitrogen and oxygen atoms in total. The van der Waals surface area contributed by atoms with Crippen LogP contribution in [0.3, 0.4) is 0 Å². The van der Waals surface area contributed by atoms with Crippen molar-refractivity contribution in [1.29, 1.82) is 0 Å². The number of cyclic esters (lactones) is 1. The molecule has 3 heteroatoms. The number of rotatable bonds is 0. The monoisotopic (exact) mass is 140 g/mol. The molecule has 0 bridgehead atoms. The lowest BCUT2D eigenvalue weighted by Gasteiger charge is -2.03. The lowest BCUT2D eigenvalue weighted by molar-refractivity contribution is -0.152. The third-order valence-corrected chi connectivity index (χ3v) is 2.02. The molecule has 1 unspecified atom stereocenters. The van der Waals surface area contributed by atoms with Gasteiger partial charge in [0, 0.05) is 11.1 Å². The highest BCUT2D eigenvalue weighted by Gasteiger charge is 2.34. The molecule has 1 heterocycles. The van der Waals surface area contributed by atoms with E-state index in [-0.39, 0.29) is 5.97 Å². The molecule has 2 aliphatic rings. The van der Waals surface area contributed by atoms with Crippen molar-refractivity contribution in [3.63, 3.8) is 0 Å². The maximum absolute atomic E-state index is 10.8. The first-order valence-electron chi connectivity index (χ1n) is 3.40. The fraction of sp³-hybridized carbons (Fsp3) is 0.571. The van der Waals surface area contributed by atoms with E-state index >= 15 is 0 Å². The Labute approximate surface area is 58.3 Å². The molecule has 0 aromatic carbocycles. The van der Waals surface area contributed by atoms with Crippen molar-refractivity contribution in [2.24, 2.45) is 0 Å². The second-order valence-electron chi connectivity index (χ2n) is 2.62. The zero-order valence-electron chi connectivity index (χ0n) is 5.46. The molecule has 1 aliphatic heterocycles. The van der Waals surface area contributed by atoms with E-state index in [1.165, 1.54) is 0 Å². The fourth-order valence-electron chi connectivity index (χ4n) is 1.52. The van der Waals surface area contributed by atoms with Gasteiger partial charge in [0.15, 0.2) is 0 Å². The number of aliphatic hydroxyl groups is 1. The topological polar surface area (TPSA) is 46.5 Å². The number of aliphatic hydroxyl groups excluding tert-OH is 1. The average Bonchev–Trinajstić information content (AvgIpc) is 2.39. The molecular formula is C7H8O3. The largest absolute Gasteiger partial charge is 0.428 e. The van der Waals surface area contributed by atoms with Gasteiger partial charge in [-0.15, -0.1) is 0 Å². The summed E-state index contributed by atoms with van der Waals surface area (Å²) in [7, 11) is 0. The normalized spacial score (nSPS) is 30.9. The minimum atomic E-state index is -0.926. The van der Waals surface area contributed by atoms with Gasteiger partial charge in [-0.2, -0.15) is 0 Å². The van der Waals surface area contributed by atoms with E-state index in [1.54, 1.807) is 0 Å². The molecule has 0 saturated carbocycles. The van der Waals surface area contributed by atoms with Gasteiger partial charge in [-0.25, -0.2) is 4.79 Å². The van der Waals surface area contributed by atoms with Crippen molar-refractivity contribution in [2.45, 2.75) is 25.6 Å². The summed E-state index contributed by atoms with van der Waals surface area (Å²) in [5, 5.41) is 9.07. The lowest BCUT2D eigenvalue weighted by atomic mass is 10.2. The van der Waals surface area contributed by atoms with Crippen molar-refractivity contribution in [2.75, 3.05) is 0 Å². The number of hydrogen-bond donors (Lipinski definition) is 1. The first-order valence-corrected chi connectivity index (χ1v) is 3.40. The second-order valence-corrected chi connectivity index (χ2v) is 2.62. The van der Waals surface area contributed by atoms with Gasteiger partial charge in [0.25, 0.3) is 0 Å². The van der Waals surface area contributed by atoms with Gasteiger partial charge in [-0.3, -0.25) is 0 Å². The zero-order valence-corrected chi connectivity index (χ0v) is 5.46. The Hall–Kier alpha value is -0.830. The van der Waals surface area contributed by atoms with Gasteiger partial charge < -0.3 is 9.84 Å². The van der Waals surface area contributed by atoms with Gasteiger partial charge in [0.2, 0.25) is 6.29 Å². The van der Waals surface area contributed by atoms with Crippen molar-refractivity contribution in [3.8, 4) is 0 Å². The highest BCUT2D eigenvalue weighted by Crippen LogP contribution is 2.34. The Balaban J connectivity index is 2.36. The number of esters is 1. The van der Waals surface area contributed by atoms with E-state index in [1.807, 2.05) is 0 Å². The molecule has 0 radical (unpaired) electrons. The van der Waals surface area contributed by atoms with Gasteiger partial charge in [-0.1, -0.05) is 0 Å². The van der Waals surface area contributed by atoms with Crippen molar-refractivity contribution in [1.82, 2.24) is 0 Å². The van der Waals surface area contributed by atoms with Gasteiger partial charge in [0.05, 0.1) is 0 Å². The van der Waals surface area contributed by atoms with E-state index in [0.717, 1.165) is 24.8 Å². The van der Waals surface area contributed by atoms with Crippen LogP contribution in [0.15, 0.2) is 11.1 Å². The first-order chi connectivity index (χ1) is 4.79. The van der Waals surface area contributed by atoms with Crippen molar-refractivity contribution < 1.29 is 14.6 Å². The highest BCUT2D eigenvalue weighted by molar-refractivity contribution is 5.92. The molecule has 0 saturated heterocycles. The quantitative estimate of drug-likeness (QED) is 0.493. The summed E-state index contributed by atoms with van der Waals surface area (Å²) in [6.07, 6.45) is 1.66. The maximum Gasteiger partial charge on any atom is 0.336 e. The molecule has 1 aliphatic carbocycles. The van der Waals surface area contributed by atoms with E-state index in [2.05, 4.69) is 4.74 Å². The van der Waals surface area contributed by atoms with Crippen LogP contribution in [-0.2, 0) is 9.53 Å². The first kappa shape index (κ1) is 5.92. The predicted molar refractivity (Wildman–Crippen MR) is 33.0 cm³/mol. The molecule has 10 heavy (non-hydrogen) atoms. The van der Waals surface area contributed by atoms with Crippen LogP contribution in [-0.4, -0.2) is 17.4 Å². The molecule has 0 fully saturated rings. The molecular weight excluding hydrogens is 132 g/mol. The Morgan fingerprint density at radius 1 is 1.50 bits per heavy atom. The molecule has 2 rings (SSSR count). The van der Waals surface area contributed by atoms with Gasteiger partial charge in [-0.05, 0) is 19.3 Å². The van der Waals surface area contributed by atoms with Crippen LogP contribution in [0.1, 0.15) is 19.3 Å². The fourth-order valence-corrected chi connectivity index (χ4v) is 1.52. The zero-order chi connectivity index (χ0) is 7.14. The Morgan fingerprint density at radius 2 is 2.30 bits per heavy atom. The van der Waals surface area contributed by atoms with Crippen LogP contribution < -0.4 is 0 Å². The maximum atomic E-state index is 10.8. The summed E-state index contributed by atoms with van der Waals surface area (Å²) in [6, 6.07) is 0.